The average Bonchev–Trinajstić information content (AvgIpc) is 2.98. The number of carboxylic acid groups (broad SMARTS) is 1. The van der Waals surface area contributed by atoms with Crippen molar-refractivity contribution in [1.29, 1.82) is 0 Å². The molecule has 0 radical (unpaired) electrons. The lowest BCUT2D eigenvalue weighted by Gasteiger charge is -1.98. The summed E-state index contributed by atoms with van der Waals surface area (Å²) in [5, 5.41) is 17.0. The van der Waals surface area contributed by atoms with E-state index in [1.165, 1.54) is 0 Å². The Morgan fingerprint density at radius 3 is 2.60 bits per heavy atom. The Hall–Kier alpha value is -3.02. The van der Waals surface area contributed by atoms with E-state index in [0.717, 1.165) is 11.3 Å². The van der Waals surface area contributed by atoms with E-state index < -0.39 is 5.97 Å². The van der Waals surface area contributed by atoms with Crippen LogP contribution in [0.2, 0.25) is 0 Å². The Morgan fingerprint density at radius 1 is 1.15 bits per heavy atom. The summed E-state index contributed by atoms with van der Waals surface area (Å²) in [4.78, 5) is 14.8. The summed E-state index contributed by atoms with van der Waals surface area (Å²) in [7, 11) is 0. The van der Waals surface area contributed by atoms with Gasteiger partial charge in [-0.25, -0.2) is 9.48 Å². The first-order valence-electron chi connectivity index (χ1n) is 5.90. The molecule has 0 unspecified atom stereocenters. The molecule has 3 aromatic rings. The van der Waals surface area contributed by atoms with Gasteiger partial charge in [-0.1, -0.05) is 17.3 Å². The molecule has 98 valence electrons. The SMILES string of the molecule is O=C(O)c1ccc(-c2cn(-c3cccnc3)nn2)cc1. The van der Waals surface area contributed by atoms with Crippen molar-refractivity contribution < 1.29 is 9.90 Å². The zero-order chi connectivity index (χ0) is 13.9. The van der Waals surface area contributed by atoms with Crippen LogP contribution in [-0.2, 0) is 0 Å². The first-order chi connectivity index (χ1) is 9.74. The van der Waals surface area contributed by atoms with Crippen molar-refractivity contribution in [2.24, 2.45) is 0 Å². The van der Waals surface area contributed by atoms with E-state index in [0.29, 0.717) is 5.69 Å². The molecule has 6 nitrogen and oxygen atoms in total. The molecule has 0 aliphatic carbocycles. The summed E-state index contributed by atoms with van der Waals surface area (Å²) in [6, 6.07) is 10.2. The third kappa shape index (κ3) is 2.26. The van der Waals surface area contributed by atoms with Crippen molar-refractivity contribution >= 4 is 5.97 Å². The van der Waals surface area contributed by atoms with Crippen LogP contribution in [0.15, 0.2) is 55.0 Å². The lowest BCUT2D eigenvalue weighted by atomic mass is 10.1. The number of hydrogen-bond acceptors (Lipinski definition) is 4. The summed E-state index contributed by atoms with van der Waals surface area (Å²) < 4.78 is 1.62. The molecule has 3 rings (SSSR count). The quantitative estimate of drug-likeness (QED) is 0.784. The van der Waals surface area contributed by atoms with Gasteiger partial charge in [0.2, 0.25) is 0 Å². The molecule has 0 saturated heterocycles. The van der Waals surface area contributed by atoms with Gasteiger partial charge in [0.1, 0.15) is 5.69 Å². The number of pyridine rings is 1. The largest absolute Gasteiger partial charge is 0.478 e. The topological polar surface area (TPSA) is 80.9 Å². The summed E-state index contributed by atoms with van der Waals surface area (Å²) in [6.07, 6.45) is 5.14. The van der Waals surface area contributed by atoms with Crippen molar-refractivity contribution in [3.63, 3.8) is 0 Å². The van der Waals surface area contributed by atoms with E-state index >= 15 is 0 Å². The lowest BCUT2D eigenvalue weighted by molar-refractivity contribution is 0.0697. The van der Waals surface area contributed by atoms with E-state index in [9.17, 15) is 4.79 Å². The van der Waals surface area contributed by atoms with Gasteiger partial charge in [0.15, 0.2) is 0 Å². The van der Waals surface area contributed by atoms with Crippen molar-refractivity contribution in [1.82, 2.24) is 20.0 Å². The molecule has 0 aliphatic heterocycles. The first kappa shape index (κ1) is 12.0. The van der Waals surface area contributed by atoms with Gasteiger partial charge in [-0.2, -0.15) is 0 Å². The molecule has 0 atom stereocenters. The number of rotatable bonds is 3. The molecule has 0 amide bonds. The number of carbonyl (C=O) groups is 1. The molecule has 2 heterocycles. The second kappa shape index (κ2) is 4.93. The molecule has 0 spiro atoms. The number of aromatic carboxylic acids is 1. The highest BCUT2D eigenvalue weighted by Gasteiger charge is 2.07. The Balaban J connectivity index is 1.92. The number of aromatic nitrogens is 4. The van der Waals surface area contributed by atoms with Gasteiger partial charge in [0.05, 0.1) is 23.6 Å². The Labute approximate surface area is 114 Å². The summed E-state index contributed by atoms with van der Waals surface area (Å²) >= 11 is 0. The number of carboxylic acids is 1. The summed E-state index contributed by atoms with van der Waals surface area (Å²) in [6.45, 7) is 0. The molecule has 1 aromatic carbocycles. The second-order valence-corrected chi connectivity index (χ2v) is 4.14. The van der Waals surface area contributed by atoms with Gasteiger partial charge in [-0.15, -0.1) is 5.10 Å². The highest BCUT2D eigenvalue weighted by molar-refractivity contribution is 5.88. The van der Waals surface area contributed by atoms with Crippen LogP contribution in [0.5, 0.6) is 0 Å². The van der Waals surface area contributed by atoms with Crippen LogP contribution < -0.4 is 0 Å². The van der Waals surface area contributed by atoms with E-state index in [2.05, 4.69) is 15.3 Å². The smallest absolute Gasteiger partial charge is 0.335 e. The molecule has 0 aliphatic rings. The van der Waals surface area contributed by atoms with Crippen LogP contribution in [0.1, 0.15) is 10.4 Å². The van der Waals surface area contributed by atoms with Crippen molar-refractivity contribution in [3.05, 3.63) is 60.6 Å². The fourth-order valence-electron chi connectivity index (χ4n) is 1.80. The van der Waals surface area contributed by atoms with Gasteiger partial charge in [0, 0.05) is 11.8 Å². The maximum absolute atomic E-state index is 10.8. The van der Waals surface area contributed by atoms with Gasteiger partial charge in [-0.05, 0) is 24.3 Å². The number of hydrogen-bond donors (Lipinski definition) is 1. The lowest BCUT2D eigenvalue weighted by Crippen LogP contribution is -1.95. The minimum atomic E-state index is -0.949. The molecular formula is C14H10N4O2. The van der Waals surface area contributed by atoms with Gasteiger partial charge in [0.25, 0.3) is 0 Å². The van der Waals surface area contributed by atoms with Crippen LogP contribution in [0, 0.1) is 0 Å². The summed E-state index contributed by atoms with van der Waals surface area (Å²) in [5.74, 6) is -0.949. The van der Waals surface area contributed by atoms with Crippen LogP contribution >= 0.6 is 0 Å². The third-order valence-electron chi connectivity index (χ3n) is 2.83. The fraction of sp³-hybridized carbons (Fsp3) is 0. The first-order valence-corrected chi connectivity index (χ1v) is 5.90. The van der Waals surface area contributed by atoms with E-state index in [1.54, 1.807) is 47.5 Å². The number of benzene rings is 1. The average molecular weight is 266 g/mol. The summed E-state index contributed by atoms with van der Waals surface area (Å²) in [5.41, 5.74) is 2.54. The minimum Gasteiger partial charge on any atom is -0.478 e. The van der Waals surface area contributed by atoms with Gasteiger partial charge >= 0.3 is 5.97 Å². The van der Waals surface area contributed by atoms with Crippen LogP contribution in [0.4, 0.5) is 0 Å². The molecule has 6 heteroatoms. The maximum Gasteiger partial charge on any atom is 0.335 e. The van der Waals surface area contributed by atoms with E-state index in [4.69, 9.17) is 5.11 Å². The predicted octanol–water partition coefficient (Wildman–Crippen LogP) is 2.03. The number of nitrogens with zero attached hydrogens (tertiary/aromatic N) is 4. The zero-order valence-electron chi connectivity index (χ0n) is 10.3. The maximum atomic E-state index is 10.8. The molecule has 0 saturated carbocycles. The second-order valence-electron chi connectivity index (χ2n) is 4.14. The van der Waals surface area contributed by atoms with Crippen molar-refractivity contribution in [2.45, 2.75) is 0 Å². The molecular weight excluding hydrogens is 256 g/mol. The standard InChI is InChI=1S/C14H10N4O2/c19-14(20)11-5-3-10(4-6-11)13-9-18(17-16-13)12-2-1-7-15-8-12/h1-9H,(H,19,20). The zero-order valence-corrected chi connectivity index (χ0v) is 10.3. The van der Waals surface area contributed by atoms with Crippen LogP contribution in [-0.4, -0.2) is 31.1 Å². The highest BCUT2D eigenvalue weighted by Crippen LogP contribution is 2.18. The highest BCUT2D eigenvalue weighted by atomic mass is 16.4. The molecule has 0 bridgehead atoms. The van der Waals surface area contributed by atoms with Gasteiger partial charge in [-0.3, -0.25) is 4.98 Å². The van der Waals surface area contributed by atoms with Crippen LogP contribution in [0.25, 0.3) is 16.9 Å². The van der Waals surface area contributed by atoms with Gasteiger partial charge < -0.3 is 5.11 Å². The van der Waals surface area contributed by atoms with Crippen molar-refractivity contribution in [3.8, 4) is 16.9 Å². The van der Waals surface area contributed by atoms with Crippen molar-refractivity contribution in [2.75, 3.05) is 0 Å². The van der Waals surface area contributed by atoms with Crippen LogP contribution in [0.3, 0.4) is 0 Å². The Bertz CT molecular complexity index is 735. The molecule has 20 heavy (non-hydrogen) atoms. The fourth-order valence-corrected chi connectivity index (χ4v) is 1.80. The van der Waals surface area contributed by atoms with E-state index in [1.807, 2.05) is 12.1 Å². The Morgan fingerprint density at radius 2 is 1.95 bits per heavy atom. The molecule has 2 aromatic heterocycles. The molecule has 1 N–H and O–H groups in total. The monoisotopic (exact) mass is 266 g/mol. The normalized spacial score (nSPS) is 10.4. The minimum absolute atomic E-state index is 0.244. The van der Waals surface area contributed by atoms with E-state index in [-0.39, 0.29) is 5.56 Å². The molecule has 0 fully saturated rings. The predicted molar refractivity (Wildman–Crippen MR) is 71.5 cm³/mol. The Kier molecular flexibility index (Phi) is 2.96. The third-order valence-corrected chi connectivity index (χ3v) is 2.83.